The minimum Gasteiger partial charge on any atom is -0.785 e. The van der Waals surface area contributed by atoms with Gasteiger partial charge in [0.2, 0.25) is 0 Å². The second-order valence-electron chi connectivity index (χ2n) is 7.43. The minimum atomic E-state index is 0.693. The molecule has 0 aromatic heterocycles. The standard InChI is InChI=1S/C20H40NO/c1-2-3-4-5-6-7-8-9-10-11-15-18-21(22)19-20-16-13-12-14-17-20/h20H,2-19H2,1H3/q-1. The first-order valence-electron chi connectivity index (χ1n) is 10.2. The predicted octanol–water partition coefficient (Wildman–Crippen LogP) is 6.68. The molecule has 0 aliphatic heterocycles. The van der Waals surface area contributed by atoms with Crippen LogP contribution in [0.15, 0.2) is 0 Å². The van der Waals surface area contributed by atoms with Crippen molar-refractivity contribution < 1.29 is 0 Å². The lowest BCUT2D eigenvalue weighted by Crippen LogP contribution is -2.26. The zero-order chi connectivity index (χ0) is 15.9. The SMILES string of the molecule is CCCCCCCCCCCCCN([O-])CC1CCCCC1. The monoisotopic (exact) mass is 310 g/mol. The molecular formula is C20H40NO-. The molecular weight excluding hydrogens is 270 g/mol. The number of nitrogens with zero attached hydrogens (tertiary/aromatic N) is 1. The van der Waals surface area contributed by atoms with E-state index in [0.29, 0.717) is 5.92 Å². The van der Waals surface area contributed by atoms with Crippen molar-refractivity contribution in [3.05, 3.63) is 5.21 Å². The first-order chi connectivity index (χ1) is 10.8. The largest absolute Gasteiger partial charge is 0.785 e. The van der Waals surface area contributed by atoms with E-state index in [2.05, 4.69) is 6.92 Å². The van der Waals surface area contributed by atoms with Gasteiger partial charge in [0, 0.05) is 0 Å². The Morgan fingerprint density at radius 1 is 0.727 bits per heavy atom. The van der Waals surface area contributed by atoms with Crippen molar-refractivity contribution in [3.63, 3.8) is 0 Å². The van der Waals surface area contributed by atoms with Crippen molar-refractivity contribution in [2.45, 2.75) is 110 Å². The lowest BCUT2D eigenvalue weighted by molar-refractivity contribution is 0.251. The normalized spacial score (nSPS) is 16.5. The van der Waals surface area contributed by atoms with Crippen LogP contribution in [0.1, 0.15) is 110 Å². The summed E-state index contributed by atoms with van der Waals surface area (Å²) in [6.07, 6.45) is 21.6. The van der Waals surface area contributed by atoms with Crippen LogP contribution in [0.2, 0.25) is 0 Å². The van der Waals surface area contributed by atoms with Gasteiger partial charge in [-0.05, 0) is 38.3 Å². The Kier molecular flexibility index (Phi) is 13.2. The second-order valence-corrected chi connectivity index (χ2v) is 7.43. The summed E-state index contributed by atoms with van der Waals surface area (Å²) >= 11 is 0. The first kappa shape index (κ1) is 20.0. The molecule has 0 aromatic carbocycles. The van der Waals surface area contributed by atoms with E-state index in [1.807, 2.05) is 0 Å². The number of hydroxylamine groups is 2. The molecule has 2 heteroatoms. The molecule has 0 heterocycles. The summed E-state index contributed by atoms with van der Waals surface area (Å²) in [5.74, 6) is 0.693. The van der Waals surface area contributed by atoms with Gasteiger partial charge < -0.3 is 10.3 Å². The van der Waals surface area contributed by atoms with E-state index in [-0.39, 0.29) is 0 Å². The van der Waals surface area contributed by atoms with Gasteiger partial charge in [0.25, 0.3) is 0 Å². The van der Waals surface area contributed by atoms with Crippen LogP contribution in [-0.2, 0) is 0 Å². The lowest BCUT2D eigenvalue weighted by Gasteiger charge is -2.34. The summed E-state index contributed by atoms with van der Waals surface area (Å²) in [6.45, 7) is 3.85. The Labute approximate surface area is 139 Å². The van der Waals surface area contributed by atoms with E-state index in [9.17, 15) is 5.21 Å². The van der Waals surface area contributed by atoms with Crippen LogP contribution in [0.5, 0.6) is 0 Å². The van der Waals surface area contributed by atoms with E-state index in [1.165, 1.54) is 101 Å². The summed E-state index contributed by atoms with van der Waals surface area (Å²) in [5, 5.41) is 13.2. The second kappa shape index (κ2) is 14.5. The maximum absolute atomic E-state index is 11.9. The van der Waals surface area contributed by atoms with Crippen LogP contribution in [0.25, 0.3) is 0 Å². The van der Waals surface area contributed by atoms with Gasteiger partial charge in [0.1, 0.15) is 0 Å². The average Bonchev–Trinajstić information content (AvgIpc) is 2.53. The third-order valence-electron chi connectivity index (χ3n) is 5.20. The van der Waals surface area contributed by atoms with Gasteiger partial charge in [0.05, 0.1) is 0 Å². The molecule has 0 spiro atoms. The maximum atomic E-state index is 11.9. The summed E-state index contributed by atoms with van der Waals surface area (Å²) in [7, 11) is 0. The third-order valence-corrected chi connectivity index (χ3v) is 5.20. The summed E-state index contributed by atoms with van der Waals surface area (Å²) in [6, 6.07) is 0. The summed E-state index contributed by atoms with van der Waals surface area (Å²) in [4.78, 5) is 0. The van der Waals surface area contributed by atoms with Crippen LogP contribution in [-0.4, -0.2) is 18.2 Å². The zero-order valence-electron chi connectivity index (χ0n) is 15.2. The molecule has 0 unspecified atom stereocenters. The fraction of sp³-hybridized carbons (Fsp3) is 1.00. The van der Waals surface area contributed by atoms with Crippen LogP contribution >= 0.6 is 0 Å². The summed E-state index contributed by atoms with van der Waals surface area (Å²) in [5.41, 5.74) is 0. The van der Waals surface area contributed by atoms with Crippen molar-refractivity contribution in [1.82, 2.24) is 5.06 Å². The number of rotatable bonds is 14. The number of hydrogen-bond donors (Lipinski definition) is 0. The number of unbranched alkanes of at least 4 members (excludes halogenated alkanes) is 10. The highest BCUT2D eigenvalue weighted by Gasteiger charge is 2.13. The van der Waals surface area contributed by atoms with Crippen LogP contribution in [0.3, 0.4) is 0 Å². The lowest BCUT2D eigenvalue weighted by atomic mass is 9.89. The number of hydrogen-bond acceptors (Lipinski definition) is 2. The molecule has 0 saturated heterocycles. The van der Waals surface area contributed by atoms with Gasteiger partial charge in [-0.1, -0.05) is 90.4 Å². The third kappa shape index (κ3) is 11.5. The van der Waals surface area contributed by atoms with E-state index in [1.54, 1.807) is 0 Å². The highest BCUT2D eigenvalue weighted by atomic mass is 16.5. The molecule has 0 aromatic rings. The molecule has 1 fully saturated rings. The van der Waals surface area contributed by atoms with Crippen molar-refractivity contribution in [1.29, 1.82) is 0 Å². The van der Waals surface area contributed by atoms with E-state index >= 15 is 0 Å². The van der Waals surface area contributed by atoms with Gasteiger partial charge >= 0.3 is 0 Å². The molecule has 1 saturated carbocycles. The van der Waals surface area contributed by atoms with Gasteiger partial charge in [-0.2, -0.15) is 0 Å². The molecule has 1 aliphatic carbocycles. The predicted molar refractivity (Wildman–Crippen MR) is 98.0 cm³/mol. The maximum Gasteiger partial charge on any atom is -0.0116 e. The van der Waals surface area contributed by atoms with Crippen LogP contribution < -0.4 is 0 Å². The minimum absolute atomic E-state index is 0.693. The van der Waals surface area contributed by atoms with Gasteiger partial charge in [-0.15, -0.1) is 0 Å². The molecule has 1 rings (SSSR count). The van der Waals surface area contributed by atoms with Crippen LogP contribution in [0.4, 0.5) is 0 Å². The fourth-order valence-corrected chi connectivity index (χ4v) is 3.70. The Morgan fingerprint density at radius 2 is 1.23 bits per heavy atom. The van der Waals surface area contributed by atoms with E-state index in [0.717, 1.165) is 19.5 Å². The first-order valence-corrected chi connectivity index (χ1v) is 10.2. The quantitative estimate of drug-likeness (QED) is 0.264. The van der Waals surface area contributed by atoms with E-state index < -0.39 is 0 Å². The fourth-order valence-electron chi connectivity index (χ4n) is 3.70. The topological polar surface area (TPSA) is 26.3 Å². The molecule has 0 bridgehead atoms. The Hall–Kier alpha value is -0.0800. The Bertz CT molecular complexity index is 226. The Balaban J connectivity index is 1.78. The molecule has 0 atom stereocenters. The Morgan fingerprint density at radius 3 is 1.77 bits per heavy atom. The average molecular weight is 311 g/mol. The van der Waals surface area contributed by atoms with Crippen molar-refractivity contribution >= 4 is 0 Å². The molecule has 0 radical (unpaired) electrons. The molecule has 2 nitrogen and oxygen atoms in total. The smallest absolute Gasteiger partial charge is 0.0116 e. The van der Waals surface area contributed by atoms with Crippen molar-refractivity contribution in [2.75, 3.05) is 13.1 Å². The van der Waals surface area contributed by atoms with E-state index in [4.69, 9.17) is 0 Å². The molecule has 0 amide bonds. The molecule has 1 aliphatic rings. The molecule has 22 heavy (non-hydrogen) atoms. The summed E-state index contributed by atoms with van der Waals surface area (Å²) < 4.78 is 0. The highest BCUT2D eigenvalue weighted by Crippen LogP contribution is 2.24. The van der Waals surface area contributed by atoms with Gasteiger partial charge in [0.15, 0.2) is 0 Å². The highest BCUT2D eigenvalue weighted by molar-refractivity contribution is 4.70. The molecule has 132 valence electrons. The zero-order valence-corrected chi connectivity index (χ0v) is 15.2. The van der Waals surface area contributed by atoms with Gasteiger partial charge in [-0.3, -0.25) is 0 Å². The van der Waals surface area contributed by atoms with Gasteiger partial charge in [-0.25, -0.2) is 0 Å². The van der Waals surface area contributed by atoms with Crippen molar-refractivity contribution in [2.24, 2.45) is 5.92 Å². The van der Waals surface area contributed by atoms with Crippen LogP contribution in [0, 0.1) is 11.1 Å². The molecule has 0 N–H and O–H groups in total. The van der Waals surface area contributed by atoms with Crippen molar-refractivity contribution in [3.8, 4) is 0 Å².